The number of nitrogens with two attached hydrogens (primary N) is 1. The quantitative estimate of drug-likeness (QED) is 0.839. The summed E-state index contributed by atoms with van der Waals surface area (Å²) in [4.78, 5) is 0.0949. The number of anilines is 1. The third-order valence-electron chi connectivity index (χ3n) is 3.94. The summed E-state index contributed by atoms with van der Waals surface area (Å²) in [6.45, 7) is 2.73. The molecule has 1 fully saturated rings. The van der Waals surface area contributed by atoms with E-state index in [9.17, 15) is 8.42 Å². The molecule has 1 saturated carbocycles. The van der Waals surface area contributed by atoms with Gasteiger partial charge in [0.1, 0.15) is 4.90 Å². The molecule has 2 rings (SSSR count). The molecule has 0 bridgehead atoms. The van der Waals surface area contributed by atoms with Crippen molar-refractivity contribution in [2.45, 2.75) is 37.5 Å². The van der Waals surface area contributed by atoms with E-state index in [-0.39, 0.29) is 9.92 Å². The molecule has 0 amide bonds. The Hall–Kier alpha value is -0.780. The van der Waals surface area contributed by atoms with E-state index in [1.165, 1.54) is 25.0 Å². The SMILES string of the molecule is CC1CCC(CNS(=O)(=O)c2ccc(N)cc2Cl)CC1. The van der Waals surface area contributed by atoms with E-state index >= 15 is 0 Å². The fourth-order valence-electron chi connectivity index (χ4n) is 2.57. The summed E-state index contributed by atoms with van der Waals surface area (Å²) >= 11 is 5.96. The van der Waals surface area contributed by atoms with E-state index in [4.69, 9.17) is 17.3 Å². The molecule has 1 aliphatic carbocycles. The van der Waals surface area contributed by atoms with Gasteiger partial charge in [0.2, 0.25) is 10.0 Å². The zero-order valence-electron chi connectivity index (χ0n) is 11.6. The fourth-order valence-corrected chi connectivity index (χ4v) is 4.24. The largest absolute Gasteiger partial charge is 0.399 e. The zero-order chi connectivity index (χ0) is 14.8. The fraction of sp³-hybridized carbons (Fsp3) is 0.571. The molecule has 0 heterocycles. The van der Waals surface area contributed by atoms with Gasteiger partial charge in [0.25, 0.3) is 0 Å². The Morgan fingerprint density at radius 2 is 1.95 bits per heavy atom. The summed E-state index contributed by atoms with van der Waals surface area (Å²) in [6.07, 6.45) is 4.52. The van der Waals surface area contributed by atoms with Crippen LogP contribution >= 0.6 is 11.6 Å². The Bertz CT molecular complexity index is 567. The minimum Gasteiger partial charge on any atom is -0.399 e. The first-order valence-electron chi connectivity index (χ1n) is 6.93. The molecular formula is C14H21ClN2O2S. The summed E-state index contributed by atoms with van der Waals surface area (Å²) in [7, 11) is -3.56. The van der Waals surface area contributed by atoms with Crippen LogP contribution in [0.15, 0.2) is 23.1 Å². The highest BCUT2D eigenvalue weighted by molar-refractivity contribution is 7.89. The summed E-state index contributed by atoms with van der Waals surface area (Å²) < 4.78 is 27.1. The Balaban J connectivity index is 2.00. The first-order valence-corrected chi connectivity index (χ1v) is 8.79. The van der Waals surface area contributed by atoms with Gasteiger partial charge in [-0.2, -0.15) is 0 Å². The second-order valence-electron chi connectivity index (χ2n) is 5.67. The molecule has 0 aromatic heterocycles. The minimum absolute atomic E-state index is 0.0949. The van der Waals surface area contributed by atoms with Gasteiger partial charge in [-0.1, -0.05) is 31.4 Å². The highest BCUT2D eigenvalue weighted by Gasteiger charge is 2.22. The molecular weight excluding hydrogens is 296 g/mol. The molecule has 0 spiro atoms. The molecule has 3 N–H and O–H groups in total. The van der Waals surface area contributed by atoms with Crippen molar-refractivity contribution >= 4 is 27.3 Å². The van der Waals surface area contributed by atoms with Crippen LogP contribution in [0.4, 0.5) is 5.69 Å². The second kappa shape index (κ2) is 6.33. The summed E-state index contributed by atoms with van der Waals surface area (Å²) in [6, 6.07) is 4.45. The van der Waals surface area contributed by atoms with Crippen molar-refractivity contribution in [1.82, 2.24) is 4.72 Å². The summed E-state index contributed by atoms with van der Waals surface area (Å²) in [5.74, 6) is 1.18. The predicted octanol–water partition coefficient (Wildman–Crippen LogP) is 3.03. The number of benzene rings is 1. The zero-order valence-corrected chi connectivity index (χ0v) is 13.2. The normalized spacial score (nSPS) is 23.7. The van der Waals surface area contributed by atoms with Crippen LogP contribution in [0.25, 0.3) is 0 Å². The first kappa shape index (κ1) is 15.6. The molecule has 112 valence electrons. The van der Waals surface area contributed by atoms with Crippen molar-refractivity contribution in [3.05, 3.63) is 23.2 Å². The standard InChI is InChI=1S/C14H21ClN2O2S/c1-10-2-4-11(5-3-10)9-17-20(18,19)14-7-6-12(16)8-13(14)15/h6-8,10-11,17H,2-5,9,16H2,1H3. The maximum absolute atomic E-state index is 12.2. The third-order valence-corrected chi connectivity index (χ3v) is 5.85. The molecule has 0 saturated heterocycles. The molecule has 20 heavy (non-hydrogen) atoms. The second-order valence-corrected chi connectivity index (χ2v) is 7.81. The predicted molar refractivity (Wildman–Crippen MR) is 82.2 cm³/mol. The van der Waals surface area contributed by atoms with E-state index in [2.05, 4.69) is 11.6 Å². The molecule has 6 heteroatoms. The number of nitrogen functional groups attached to an aromatic ring is 1. The molecule has 0 radical (unpaired) electrons. The van der Waals surface area contributed by atoms with Crippen molar-refractivity contribution < 1.29 is 8.42 Å². The molecule has 4 nitrogen and oxygen atoms in total. The number of sulfonamides is 1. The maximum Gasteiger partial charge on any atom is 0.242 e. The number of halogens is 1. The van der Waals surface area contributed by atoms with E-state index in [1.54, 1.807) is 6.07 Å². The van der Waals surface area contributed by atoms with Gasteiger partial charge in [0.15, 0.2) is 0 Å². The van der Waals surface area contributed by atoms with Gasteiger partial charge in [-0.15, -0.1) is 0 Å². The van der Waals surface area contributed by atoms with Crippen LogP contribution in [0.3, 0.4) is 0 Å². The van der Waals surface area contributed by atoms with E-state index < -0.39 is 10.0 Å². The highest BCUT2D eigenvalue weighted by Crippen LogP contribution is 2.28. The van der Waals surface area contributed by atoms with Crippen molar-refractivity contribution in [3.8, 4) is 0 Å². The van der Waals surface area contributed by atoms with Crippen molar-refractivity contribution in [1.29, 1.82) is 0 Å². The lowest BCUT2D eigenvalue weighted by Crippen LogP contribution is -2.31. The van der Waals surface area contributed by atoms with Gasteiger partial charge in [0.05, 0.1) is 5.02 Å². The van der Waals surface area contributed by atoms with Crippen molar-refractivity contribution in [3.63, 3.8) is 0 Å². The Morgan fingerprint density at radius 3 is 2.55 bits per heavy atom. The lowest BCUT2D eigenvalue weighted by Gasteiger charge is -2.26. The summed E-state index contributed by atoms with van der Waals surface area (Å²) in [5, 5.41) is 0.162. The third kappa shape index (κ3) is 3.87. The number of hydrogen-bond acceptors (Lipinski definition) is 3. The topological polar surface area (TPSA) is 72.2 Å². The van der Waals surface area contributed by atoms with Crippen LogP contribution in [0.2, 0.25) is 5.02 Å². The first-order chi connectivity index (χ1) is 9.38. The number of nitrogens with one attached hydrogen (secondary N) is 1. The van der Waals surface area contributed by atoms with Crippen LogP contribution in [0, 0.1) is 11.8 Å². The Kier molecular flexibility index (Phi) is 4.94. The van der Waals surface area contributed by atoms with E-state index in [1.807, 2.05) is 0 Å². The average Bonchev–Trinajstić information content (AvgIpc) is 2.37. The summed E-state index contributed by atoms with van der Waals surface area (Å²) in [5.41, 5.74) is 6.03. The van der Waals surface area contributed by atoms with Gasteiger partial charge >= 0.3 is 0 Å². The van der Waals surface area contributed by atoms with Gasteiger partial charge in [-0.25, -0.2) is 13.1 Å². The molecule has 1 aromatic carbocycles. The van der Waals surface area contributed by atoms with Gasteiger partial charge in [0, 0.05) is 12.2 Å². The average molecular weight is 317 g/mol. The number of rotatable bonds is 4. The van der Waals surface area contributed by atoms with Crippen LogP contribution in [0.5, 0.6) is 0 Å². The molecule has 1 aromatic rings. The minimum atomic E-state index is -3.56. The molecule has 0 atom stereocenters. The van der Waals surface area contributed by atoms with E-state index in [0.717, 1.165) is 18.8 Å². The number of hydrogen-bond donors (Lipinski definition) is 2. The molecule has 1 aliphatic rings. The Morgan fingerprint density at radius 1 is 1.30 bits per heavy atom. The smallest absolute Gasteiger partial charge is 0.242 e. The molecule has 0 unspecified atom stereocenters. The van der Waals surface area contributed by atoms with Gasteiger partial charge < -0.3 is 5.73 Å². The van der Waals surface area contributed by atoms with Gasteiger partial charge in [-0.3, -0.25) is 0 Å². The van der Waals surface area contributed by atoms with Crippen LogP contribution in [0.1, 0.15) is 32.6 Å². The van der Waals surface area contributed by atoms with Crippen LogP contribution in [-0.2, 0) is 10.0 Å². The maximum atomic E-state index is 12.2. The monoisotopic (exact) mass is 316 g/mol. The lowest BCUT2D eigenvalue weighted by molar-refractivity contribution is 0.290. The lowest BCUT2D eigenvalue weighted by atomic mass is 9.83. The van der Waals surface area contributed by atoms with Crippen molar-refractivity contribution in [2.24, 2.45) is 11.8 Å². The van der Waals surface area contributed by atoms with E-state index in [0.29, 0.717) is 18.2 Å². The van der Waals surface area contributed by atoms with Gasteiger partial charge in [-0.05, 0) is 42.9 Å². The Labute approximate surface area is 125 Å². The highest BCUT2D eigenvalue weighted by atomic mass is 35.5. The van der Waals surface area contributed by atoms with Crippen LogP contribution in [-0.4, -0.2) is 15.0 Å². The van der Waals surface area contributed by atoms with Crippen LogP contribution < -0.4 is 10.5 Å². The molecule has 0 aliphatic heterocycles. The van der Waals surface area contributed by atoms with Crippen molar-refractivity contribution in [2.75, 3.05) is 12.3 Å².